The van der Waals surface area contributed by atoms with E-state index in [0.29, 0.717) is 18.3 Å². The second kappa shape index (κ2) is 9.40. The number of alkyl halides is 3. The minimum Gasteiger partial charge on any atom is -0.475 e. The molecule has 1 fully saturated rings. The minimum atomic E-state index is -4.49. The lowest BCUT2D eigenvalue weighted by molar-refractivity contribution is -0.137. The summed E-state index contributed by atoms with van der Waals surface area (Å²) in [5.74, 6) is -1.17. The number of aryl methyl sites for hydroxylation is 1. The van der Waals surface area contributed by atoms with Gasteiger partial charge in [-0.3, -0.25) is 4.79 Å². The van der Waals surface area contributed by atoms with Gasteiger partial charge >= 0.3 is 6.18 Å². The summed E-state index contributed by atoms with van der Waals surface area (Å²) in [6.45, 7) is 4.09. The van der Waals surface area contributed by atoms with E-state index in [1.807, 2.05) is 6.92 Å². The Morgan fingerprint density at radius 2 is 1.91 bits per heavy atom. The van der Waals surface area contributed by atoms with Gasteiger partial charge in [-0.2, -0.15) is 28.2 Å². The Bertz CT molecular complexity index is 1150. The first-order chi connectivity index (χ1) is 16.2. The van der Waals surface area contributed by atoms with Crippen molar-refractivity contribution in [3.63, 3.8) is 0 Å². The molecule has 0 bridgehead atoms. The molecule has 3 aromatic rings. The molecule has 0 N–H and O–H groups in total. The second-order valence-corrected chi connectivity index (χ2v) is 8.29. The van der Waals surface area contributed by atoms with Crippen molar-refractivity contribution in [1.29, 1.82) is 0 Å². The van der Waals surface area contributed by atoms with Crippen molar-refractivity contribution in [3.05, 3.63) is 65.4 Å². The van der Waals surface area contributed by atoms with Crippen LogP contribution in [0, 0.1) is 18.7 Å². The first kappa shape index (κ1) is 23.7. The fraction of sp³-hybridized carbons (Fsp3) is 0.391. The van der Waals surface area contributed by atoms with E-state index >= 15 is 0 Å². The highest BCUT2D eigenvalue weighted by molar-refractivity contribution is 5.98. The predicted molar refractivity (Wildman–Crippen MR) is 114 cm³/mol. The number of carbonyl (C=O) groups excluding carboxylic acids is 1. The molecule has 180 valence electrons. The molecule has 11 heteroatoms. The number of piperidine rings is 1. The lowest BCUT2D eigenvalue weighted by Gasteiger charge is -2.40. The maximum Gasteiger partial charge on any atom is 0.417 e. The van der Waals surface area contributed by atoms with Gasteiger partial charge in [0, 0.05) is 18.8 Å². The van der Waals surface area contributed by atoms with Gasteiger partial charge in [-0.05, 0) is 43.4 Å². The normalized spacial score (nSPS) is 18.7. The Morgan fingerprint density at radius 1 is 1.18 bits per heavy atom. The largest absolute Gasteiger partial charge is 0.475 e. The molecular formula is C23H23F4N5O2. The van der Waals surface area contributed by atoms with Gasteiger partial charge in [0.25, 0.3) is 5.91 Å². The van der Waals surface area contributed by atoms with Gasteiger partial charge in [0.1, 0.15) is 23.7 Å². The maximum absolute atomic E-state index is 15.0. The molecule has 1 aliphatic rings. The fourth-order valence-corrected chi connectivity index (χ4v) is 4.17. The highest BCUT2D eigenvalue weighted by Crippen LogP contribution is 2.31. The molecule has 1 aliphatic heterocycles. The van der Waals surface area contributed by atoms with Gasteiger partial charge in [0.05, 0.1) is 24.0 Å². The van der Waals surface area contributed by atoms with Crippen molar-refractivity contribution < 1.29 is 27.1 Å². The first-order valence-corrected chi connectivity index (χ1v) is 10.8. The van der Waals surface area contributed by atoms with Crippen LogP contribution in [0.5, 0.6) is 5.88 Å². The van der Waals surface area contributed by atoms with Gasteiger partial charge in [0.2, 0.25) is 5.88 Å². The Hall–Kier alpha value is -3.50. The summed E-state index contributed by atoms with van der Waals surface area (Å²) in [6.07, 6.45) is 0.636. The summed E-state index contributed by atoms with van der Waals surface area (Å²) >= 11 is 0. The first-order valence-electron chi connectivity index (χ1n) is 10.8. The van der Waals surface area contributed by atoms with Crippen LogP contribution in [0.2, 0.25) is 0 Å². The Labute approximate surface area is 193 Å². The van der Waals surface area contributed by atoms with Gasteiger partial charge in [0.15, 0.2) is 0 Å². The van der Waals surface area contributed by atoms with Crippen LogP contribution in [0.1, 0.15) is 41.3 Å². The number of pyridine rings is 1. The number of likely N-dealkylation sites (tertiary alicyclic amines) is 1. The molecule has 0 radical (unpaired) electrons. The summed E-state index contributed by atoms with van der Waals surface area (Å²) in [5.41, 5.74) is -0.120. The summed E-state index contributed by atoms with van der Waals surface area (Å²) < 4.78 is 59.0. The van der Waals surface area contributed by atoms with E-state index in [2.05, 4.69) is 15.2 Å². The molecule has 2 aromatic heterocycles. The zero-order chi connectivity index (χ0) is 24.5. The maximum atomic E-state index is 15.0. The topological polar surface area (TPSA) is 73.1 Å². The third-order valence-corrected chi connectivity index (χ3v) is 6.00. The van der Waals surface area contributed by atoms with E-state index in [1.54, 1.807) is 17.9 Å². The Morgan fingerprint density at radius 3 is 2.56 bits per heavy atom. The number of benzene rings is 1. The van der Waals surface area contributed by atoms with Crippen molar-refractivity contribution in [2.45, 2.75) is 38.9 Å². The zero-order valence-electron chi connectivity index (χ0n) is 18.6. The number of halogens is 4. The van der Waals surface area contributed by atoms with Crippen molar-refractivity contribution in [1.82, 2.24) is 24.9 Å². The SMILES string of the molecule is Cc1ccc(F)c(C(=O)N2CCCC(C)C2COc2ccc(C(F)(F)F)cn2)c1-n1nccn1. The van der Waals surface area contributed by atoms with Crippen molar-refractivity contribution in [2.75, 3.05) is 13.2 Å². The number of nitrogens with zero attached hydrogens (tertiary/aromatic N) is 5. The minimum absolute atomic E-state index is 0.00800. The average Bonchev–Trinajstić information content (AvgIpc) is 3.33. The third-order valence-electron chi connectivity index (χ3n) is 6.00. The highest BCUT2D eigenvalue weighted by atomic mass is 19.4. The lowest BCUT2D eigenvalue weighted by atomic mass is 9.90. The summed E-state index contributed by atoms with van der Waals surface area (Å²) in [6, 6.07) is 4.40. The molecule has 0 saturated carbocycles. The summed E-state index contributed by atoms with van der Waals surface area (Å²) in [7, 11) is 0. The Kier molecular flexibility index (Phi) is 6.54. The molecule has 3 heterocycles. The molecule has 1 aromatic carbocycles. The Balaban J connectivity index is 1.60. The predicted octanol–water partition coefficient (Wildman–Crippen LogP) is 4.45. The van der Waals surface area contributed by atoms with Crippen LogP contribution >= 0.6 is 0 Å². The smallest absolute Gasteiger partial charge is 0.417 e. The quantitative estimate of drug-likeness (QED) is 0.508. The van der Waals surface area contributed by atoms with Gasteiger partial charge in [-0.25, -0.2) is 9.37 Å². The molecule has 1 saturated heterocycles. The molecule has 7 nitrogen and oxygen atoms in total. The number of ether oxygens (including phenoxy) is 1. The van der Waals surface area contributed by atoms with Gasteiger partial charge < -0.3 is 9.64 Å². The lowest BCUT2D eigenvalue weighted by Crippen LogP contribution is -2.51. The van der Waals surface area contributed by atoms with Gasteiger partial charge in [-0.15, -0.1) is 0 Å². The molecule has 34 heavy (non-hydrogen) atoms. The van der Waals surface area contributed by atoms with Crippen molar-refractivity contribution in [2.24, 2.45) is 5.92 Å². The van der Waals surface area contributed by atoms with E-state index < -0.39 is 29.5 Å². The molecule has 2 unspecified atom stereocenters. The van der Waals surface area contributed by atoms with Crippen LogP contribution in [0.25, 0.3) is 5.69 Å². The number of rotatable bonds is 5. The summed E-state index contributed by atoms with van der Waals surface area (Å²) in [5, 5.41) is 8.13. The highest BCUT2D eigenvalue weighted by Gasteiger charge is 2.36. The second-order valence-electron chi connectivity index (χ2n) is 8.29. The molecular weight excluding hydrogens is 454 g/mol. The number of carbonyl (C=O) groups is 1. The zero-order valence-corrected chi connectivity index (χ0v) is 18.6. The molecule has 4 rings (SSSR count). The van der Waals surface area contributed by atoms with E-state index in [9.17, 15) is 22.4 Å². The summed E-state index contributed by atoms with van der Waals surface area (Å²) in [4.78, 5) is 20.1. The van der Waals surface area contributed by atoms with Crippen LogP contribution in [0.3, 0.4) is 0 Å². The number of amides is 1. The van der Waals surface area contributed by atoms with Crippen LogP contribution in [-0.2, 0) is 6.18 Å². The van der Waals surface area contributed by atoms with E-state index in [1.165, 1.54) is 23.3 Å². The van der Waals surface area contributed by atoms with E-state index in [-0.39, 0.29) is 29.7 Å². The number of hydrogen-bond acceptors (Lipinski definition) is 5. The molecule has 0 spiro atoms. The van der Waals surface area contributed by atoms with Crippen LogP contribution in [-0.4, -0.2) is 50.0 Å². The van der Waals surface area contributed by atoms with Crippen LogP contribution in [0.15, 0.2) is 42.9 Å². The van der Waals surface area contributed by atoms with Gasteiger partial charge in [-0.1, -0.05) is 13.0 Å². The standard InChI is InChI=1S/C23H23F4N5O2/c1-14-4-3-11-31(18(14)13-34-19-8-6-16(12-28-19)23(25,26)27)22(33)20-17(24)7-5-15(2)21(20)32-29-9-10-30-32/h5-10,12,14,18H,3-4,11,13H2,1-2H3. The third kappa shape index (κ3) is 4.73. The molecule has 0 aliphatic carbocycles. The van der Waals surface area contributed by atoms with Crippen LogP contribution < -0.4 is 4.74 Å². The van der Waals surface area contributed by atoms with E-state index in [4.69, 9.17) is 4.74 Å². The fourth-order valence-electron chi connectivity index (χ4n) is 4.17. The van der Waals surface area contributed by atoms with Crippen LogP contribution in [0.4, 0.5) is 17.6 Å². The number of aromatic nitrogens is 4. The molecule has 1 amide bonds. The average molecular weight is 477 g/mol. The van der Waals surface area contributed by atoms with Crippen molar-refractivity contribution >= 4 is 5.91 Å². The van der Waals surface area contributed by atoms with Crippen molar-refractivity contribution in [3.8, 4) is 11.6 Å². The monoisotopic (exact) mass is 477 g/mol. The number of hydrogen-bond donors (Lipinski definition) is 0. The van der Waals surface area contributed by atoms with E-state index in [0.717, 1.165) is 25.0 Å². The molecule has 2 atom stereocenters.